The number of hydrogen-bond acceptors (Lipinski definition) is 4. The number of benzene rings is 1. The standard InChI is InChI=1S/C19H22N2O3S/c1-2-24-16-9-7-15(8-10-16)20-18(22)14-5-3-11-21(13-14)19(23)17-6-4-12-25-17/h4,6-10,12,14H,2-3,5,11,13H2,1H3,(H,20,22)/t14-/m1/s1. The van der Waals surface area contributed by atoms with Crippen molar-refractivity contribution in [3.63, 3.8) is 0 Å². The maximum atomic E-state index is 12.6. The lowest BCUT2D eigenvalue weighted by Gasteiger charge is -2.31. The number of carbonyl (C=O) groups is 2. The first-order valence-corrected chi connectivity index (χ1v) is 9.42. The van der Waals surface area contributed by atoms with Crippen molar-refractivity contribution in [2.45, 2.75) is 19.8 Å². The number of rotatable bonds is 5. The molecular formula is C19H22N2O3S. The molecule has 3 rings (SSSR count). The molecule has 0 spiro atoms. The highest BCUT2D eigenvalue weighted by Gasteiger charge is 2.29. The van der Waals surface area contributed by atoms with E-state index in [1.807, 2.05) is 48.7 Å². The summed E-state index contributed by atoms with van der Waals surface area (Å²) in [7, 11) is 0. The third-order valence-electron chi connectivity index (χ3n) is 4.24. The predicted molar refractivity (Wildman–Crippen MR) is 99.2 cm³/mol. The molecule has 1 aromatic heterocycles. The Morgan fingerprint density at radius 1 is 1.28 bits per heavy atom. The molecule has 1 aromatic carbocycles. The molecule has 2 heterocycles. The second-order valence-corrected chi connectivity index (χ2v) is 6.96. The van der Waals surface area contributed by atoms with Crippen molar-refractivity contribution in [3.8, 4) is 5.75 Å². The van der Waals surface area contributed by atoms with Gasteiger partial charge in [0.15, 0.2) is 0 Å². The molecule has 0 aliphatic carbocycles. The van der Waals surface area contributed by atoms with Crippen LogP contribution in [0, 0.1) is 5.92 Å². The van der Waals surface area contributed by atoms with Crippen LogP contribution in [0.3, 0.4) is 0 Å². The van der Waals surface area contributed by atoms with E-state index in [4.69, 9.17) is 4.74 Å². The van der Waals surface area contributed by atoms with Crippen LogP contribution in [0.2, 0.25) is 0 Å². The molecule has 2 amide bonds. The Labute approximate surface area is 151 Å². The second kappa shape index (κ2) is 8.16. The average Bonchev–Trinajstić information content (AvgIpc) is 3.18. The highest BCUT2D eigenvalue weighted by atomic mass is 32.1. The zero-order chi connectivity index (χ0) is 17.6. The summed E-state index contributed by atoms with van der Waals surface area (Å²) in [5, 5.41) is 4.84. The van der Waals surface area contributed by atoms with Crippen molar-refractivity contribution in [2.75, 3.05) is 25.0 Å². The third-order valence-corrected chi connectivity index (χ3v) is 5.10. The normalized spacial score (nSPS) is 17.2. The molecule has 1 saturated heterocycles. The Balaban J connectivity index is 1.59. The lowest BCUT2D eigenvalue weighted by atomic mass is 9.97. The van der Waals surface area contributed by atoms with Gasteiger partial charge in [-0.2, -0.15) is 0 Å². The van der Waals surface area contributed by atoms with Gasteiger partial charge in [-0.25, -0.2) is 0 Å². The Bertz CT molecular complexity index is 713. The van der Waals surface area contributed by atoms with Gasteiger partial charge in [0.1, 0.15) is 5.75 Å². The maximum absolute atomic E-state index is 12.6. The van der Waals surface area contributed by atoms with Crippen LogP contribution in [0.1, 0.15) is 29.4 Å². The van der Waals surface area contributed by atoms with E-state index >= 15 is 0 Å². The van der Waals surface area contributed by atoms with Crippen molar-refractivity contribution in [1.29, 1.82) is 0 Å². The van der Waals surface area contributed by atoms with Crippen LogP contribution >= 0.6 is 11.3 Å². The minimum atomic E-state index is -0.177. The van der Waals surface area contributed by atoms with Crippen molar-refractivity contribution < 1.29 is 14.3 Å². The molecule has 25 heavy (non-hydrogen) atoms. The first-order chi connectivity index (χ1) is 12.2. The third kappa shape index (κ3) is 4.39. The van der Waals surface area contributed by atoms with Crippen LogP contribution in [0.15, 0.2) is 41.8 Å². The number of likely N-dealkylation sites (tertiary alicyclic amines) is 1. The number of piperidine rings is 1. The van der Waals surface area contributed by atoms with Crippen LogP contribution in [0.5, 0.6) is 5.75 Å². The molecule has 132 valence electrons. The molecule has 1 aliphatic heterocycles. The van der Waals surface area contributed by atoms with E-state index in [0.29, 0.717) is 19.7 Å². The number of nitrogens with one attached hydrogen (secondary N) is 1. The first kappa shape index (κ1) is 17.5. The highest BCUT2D eigenvalue weighted by molar-refractivity contribution is 7.12. The molecule has 1 N–H and O–H groups in total. The van der Waals surface area contributed by atoms with Crippen molar-refractivity contribution in [2.24, 2.45) is 5.92 Å². The van der Waals surface area contributed by atoms with E-state index in [9.17, 15) is 9.59 Å². The van der Waals surface area contributed by atoms with Gasteiger partial charge in [-0.05, 0) is 55.5 Å². The fourth-order valence-electron chi connectivity index (χ4n) is 2.98. The van der Waals surface area contributed by atoms with Crippen molar-refractivity contribution in [1.82, 2.24) is 4.90 Å². The van der Waals surface area contributed by atoms with Gasteiger partial charge in [0.2, 0.25) is 5.91 Å². The van der Waals surface area contributed by atoms with E-state index < -0.39 is 0 Å². The number of anilines is 1. The van der Waals surface area contributed by atoms with Crippen LogP contribution in [0.4, 0.5) is 5.69 Å². The van der Waals surface area contributed by atoms with Gasteiger partial charge < -0.3 is 15.0 Å². The SMILES string of the molecule is CCOc1ccc(NC(=O)[C@@H]2CCCN(C(=O)c3cccs3)C2)cc1. The Hall–Kier alpha value is -2.34. The van der Waals surface area contributed by atoms with E-state index in [1.165, 1.54) is 11.3 Å². The molecule has 6 heteroatoms. The summed E-state index contributed by atoms with van der Waals surface area (Å²) in [6.45, 7) is 3.73. The van der Waals surface area contributed by atoms with E-state index in [2.05, 4.69) is 5.32 Å². The predicted octanol–water partition coefficient (Wildman–Crippen LogP) is 3.64. The number of thiophene rings is 1. The number of amides is 2. The largest absolute Gasteiger partial charge is 0.494 e. The van der Waals surface area contributed by atoms with Gasteiger partial charge in [-0.1, -0.05) is 6.07 Å². The zero-order valence-corrected chi connectivity index (χ0v) is 15.1. The molecule has 2 aromatic rings. The number of nitrogens with zero attached hydrogens (tertiary/aromatic N) is 1. The van der Waals surface area contributed by atoms with Crippen LogP contribution in [-0.2, 0) is 4.79 Å². The fraction of sp³-hybridized carbons (Fsp3) is 0.368. The number of carbonyl (C=O) groups excluding carboxylic acids is 2. The maximum Gasteiger partial charge on any atom is 0.263 e. The highest BCUT2D eigenvalue weighted by Crippen LogP contribution is 2.22. The lowest BCUT2D eigenvalue weighted by molar-refractivity contribution is -0.121. The zero-order valence-electron chi connectivity index (χ0n) is 14.2. The lowest BCUT2D eigenvalue weighted by Crippen LogP contribution is -2.43. The van der Waals surface area contributed by atoms with E-state index in [-0.39, 0.29) is 17.7 Å². The van der Waals surface area contributed by atoms with Crippen LogP contribution in [-0.4, -0.2) is 36.4 Å². The quantitative estimate of drug-likeness (QED) is 0.888. The first-order valence-electron chi connectivity index (χ1n) is 8.54. The minimum Gasteiger partial charge on any atom is -0.494 e. The van der Waals surface area contributed by atoms with Gasteiger partial charge in [0.25, 0.3) is 5.91 Å². The molecule has 0 saturated carbocycles. The molecular weight excluding hydrogens is 336 g/mol. The molecule has 5 nitrogen and oxygen atoms in total. The molecule has 1 aliphatic rings. The Kier molecular flexibility index (Phi) is 5.71. The molecule has 0 unspecified atom stereocenters. The summed E-state index contributed by atoms with van der Waals surface area (Å²) in [4.78, 5) is 27.6. The summed E-state index contributed by atoms with van der Waals surface area (Å²) in [5.41, 5.74) is 0.746. The molecule has 1 atom stereocenters. The minimum absolute atomic E-state index is 0.0218. The Morgan fingerprint density at radius 2 is 2.08 bits per heavy atom. The van der Waals surface area contributed by atoms with Gasteiger partial charge in [-0.15, -0.1) is 11.3 Å². The fourth-order valence-corrected chi connectivity index (χ4v) is 3.67. The number of hydrogen-bond donors (Lipinski definition) is 1. The van der Waals surface area contributed by atoms with Crippen LogP contribution in [0.25, 0.3) is 0 Å². The van der Waals surface area contributed by atoms with Gasteiger partial charge >= 0.3 is 0 Å². The summed E-state index contributed by atoms with van der Waals surface area (Å²) < 4.78 is 5.40. The topological polar surface area (TPSA) is 58.6 Å². The van der Waals surface area contributed by atoms with E-state index in [1.54, 1.807) is 4.90 Å². The molecule has 0 bridgehead atoms. The number of ether oxygens (including phenoxy) is 1. The van der Waals surface area contributed by atoms with Gasteiger partial charge in [-0.3, -0.25) is 9.59 Å². The second-order valence-electron chi connectivity index (χ2n) is 6.01. The van der Waals surface area contributed by atoms with E-state index in [0.717, 1.165) is 29.2 Å². The monoisotopic (exact) mass is 358 g/mol. The summed E-state index contributed by atoms with van der Waals surface area (Å²) >= 11 is 1.44. The summed E-state index contributed by atoms with van der Waals surface area (Å²) in [6, 6.07) is 11.0. The molecule has 0 radical (unpaired) electrons. The van der Waals surface area contributed by atoms with Gasteiger partial charge in [0, 0.05) is 18.8 Å². The summed E-state index contributed by atoms with van der Waals surface area (Å²) in [6.07, 6.45) is 1.65. The smallest absolute Gasteiger partial charge is 0.263 e. The van der Waals surface area contributed by atoms with Crippen molar-refractivity contribution in [3.05, 3.63) is 46.7 Å². The van der Waals surface area contributed by atoms with Gasteiger partial charge in [0.05, 0.1) is 17.4 Å². The summed E-state index contributed by atoms with van der Waals surface area (Å²) in [5.74, 6) is 0.594. The average molecular weight is 358 g/mol. The Morgan fingerprint density at radius 3 is 2.76 bits per heavy atom. The van der Waals surface area contributed by atoms with Crippen LogP contribution < -0.4 is 10.1 Å². The van der Waals surface area contributed by atoms with Crippen molar-refractivity contribution >= 4 is 28.8 Å². The molecule has 1 fully saturated rings.